The van der Waals surface area contributed by atoms with E-state index in [4.69, 9.17) is 9.73 Å². The van der Waals surface area contributed by atoms with Gasteiger partial charge in [0.2, 0.25) is 0 Å². The van der Waals surface area contributed by atoms with Gasteiger partial charge in [-0.15, -0.1) is 0 Å². The smallest absolute Gasteiger partial charge is 0.282 e. The van der Waals surface area contributed by atoms with Crippen LogP contribution in [0.5, 0.6) is 11.5 Å². The van der Waals surface area contributed by atoms with Crippen molar-refractivity contribution in [1.82, 2.24) is 0 Å². The molecule has 4 heteroatoms. The predicted molar refractivity (Wildman–Crippen MR) is 142 cm³/mol. The van der Waals surface area contributed by atoms with Crippen molar-refractivity contribution in [3.8, 4) is 11.5 Å². The zero-order chi connectivity index (χ0) is 24.4. The van der Waals surface area contributed by atoms with Crippen LogP contribution in [0.1, 0.15) is 27.8 Å². The minimum Gasteiger partial charge on any atom is -0.457 e. The van der Waals surface area contributed by atoms with Crippen LogP contribution in [-0.4, -0.2) is 11.7 Å². The quantitative estimate of drug-likeness (QED) is 0.296. The maximum Gasteiger partial charge on any atom is 0.282 e. The van der Waals surface area contributed by atoms with E-state index in [1.54, 1.807) is 4.90 Å². The number of benzene rings is 4. The maximum absolute atomic E-state index is 13.8. The summed E-state index contributed by atoms with van der Waals surface area (Å²) >= 11 is 0. The first-order chi connectivity index (χ1) is 17.0. The average Bonchev–Trinajstić information content (AvgIpc) is 3.16. The van der Waals surface area contributed by atoms with Crippen molar-refractivity contribution in [2.45, 2.75) is 20.8 Å². The van der Waals surface area contributed by atoms with Crippen LogP contribution in [0.25, 0.3) is 6.08 Å². The van der Waals surface area contributed by atoms with E-state index in [1.165, 1.54) is 5.56 Å². The number of carbonyl (C=O) groups excluding carboxylic acids is 1. The Labute approximate surface area is 205 Å². The van der Waals surface area contributed by atoms with Gasteiger partial charge in [-0.2, -0.15) is 0 Å². The molecule has 0 fully saturated rings. The van der Waals surface area contributed by atoms with E-state index < -0.39 is 0 Å². The molecule has 0 saturated carbocycles. The average molecular weight is 459 g/mol. The minimum absolute atomic E-state index is 0.145. The molecule has 4 nitrogen and oxygen atoms in total. The summed E-state index contributed by atoms with van der Waals surface area (Å²) < 4.78 is 5.97. The molecule has 1 aliphatic heterocycles. The minimum atomic E-state index is -0.145. The van der Waals surface area contributed by atoms with Crippen molar-refractivity contribution >= 4 is 23.5 Å². The highest BCUT2D eigenvalue weighted by molar-refractivity contribution is 6.33. The second-order valence-electron chi connectivity index (χ2n) is 8.71. The van der Waals surface area contributed by atoms with E-state index in [9.17, 15) is 4.79 Å². The number of carbonyl (C=O) groups is 1. The van der Waals surface area contributed by atoms with Gasteiger partial charge in [-0.05, 0) is 67.8 Å². The van der Waals surface area contributed by atoms with Crippen molar-refractivity contribution < 1.29 is 9.53 Å². The Morgan fingerprint density at radius 1 is 0.743 bits per heavy atom. The molecule has 35 heavy (non-hydrogen) atoms. The molecule has 0 bridgehead atoms. The van der Waals surface area contributed by atoms with Gasteiger partial charge in [-0.3, -0.25) is 9.69 Å². The topological polar surface area (TPSA) is 41.9 Å². The number of aryl methyl sites for hydroxylation is 3. The van der Waals surface area contributed by atoms with Crippen molar-refractivity contribution in [3.63, 3.8) is 0 Å². The van der Waals surface area contributed by atoms with Crippen LogP contribution in [0.15, 0.2) is 108 Å². The van der Waals surface area contributed by atoms with E-state index >= 15 is 0 Å². The largest absolute Gasteiger partial charge is 0.457 e. The summed E-state index contributed by atoms with van der Waals surface area (Å²) in [6.45, 7) is 6.15. The number of aliphatic imine (C=N–C) groups is 1. The molecule has 0 atom stereocenters. The standard InChI is InChI=1S/C31H26N2O2/c1-21-17-22(2)29(23(3)18-21)33-30(25-12-6-4-7-13-25)32-28(31(33)34)20-24-11-10-16-27(19-24)35-26-14-8-5-9-15-26/h4-20H,1-3H3. The summed E-state index contributed by atoms with van der Waals surface area (Å²) in [7, 11) is 0. The van der Waals surface area contributed by atoms with Crippen LogP contribution in [0.4, 0.5) is 5.69 Å². The monoisotopic (exact) mass is 458 g/mol. The first kappa shape index (κ1) is 22.4. The summed E-state index contributed by atoms with van der Waals surface area (Å²) in [6, 6.07) is 31.3. The first-order valence-electron chi connectivity index (χ1n) is 11.6. The van der Waals surface area contributed by atoms with Crippen molar-refractivity contribution in [2.75, 3.05) is 4.90 Å². The second-order valence-corrected chi connectivity index (χ2v) is 8.71. The van der Waals surface area contributed by atoms with Gasteiger partial charge in [-0.1, -0.05) is 78.4 Å². The highest BCUT2D eigenvalue weighted by Crippen LogP contribution is 2.34. The highest BCUT2D eigenvalue weighted by Gasteiger charge is 2.34. The first-order valence-corrected chi connectivity index (χ1v) is 11.6. The summed E-state index contributed by atoms with van der Waals surface area (Å²) in [6.07, 6.45) is 1.82. The molecule has 172 valence electrons. The van der Waals surface area contributed by atoms with Gasteiger partial charge in [0.05, 0.1) is 5.69 Å². The second kappa shape index (κ2) is 9.43. The maximum atomic E-state index is 13.8. The summed E-state index contributed by atoms with van der Waals surface area (Å²) in [5.74, 6) is 1.95. The summed E-state index contributed by atoms with van der Waals surface area (Å²) in [4.78, 5) is 20.3. The Bertz CT molecular complexity index is 1430. The Kier molecular flexibility index (Phi) is 6.02. The number of nitrogens with zero attached hydrogens (tertiary/aromatic N) is 2. The van der Waals surface area contributed by atoms with Crippen molar-refractivity contribution in [3.05, 3.63) is 131 Å². The Balaban J connectivity index is 1.56. The summed E-state index contributed by atoms with van der Waals surface area (Å²) in [5, 5.41) is 0. The van der Waals surface area contributed by atoms with Crippen LogP contribution < -0.4 is 9.64 Å². The lowest BCUT2D eigenvalue weighted by molar-refractivity contribution is -0.113. The molecule has 0 saturated heterocycles. The van der Waals surface area contributed by atoms with Gasteiger partial charge in [0.1, 0.15) is 23.0 Å². The van der Waals surface area contributed by atoms with Gasteiger partial charge in [0, 0.05) is 5.56 Å². The Morgan fingerprint density at radius 2 is 1.37 bits per heavy atom. The van der Waals surface area contributed by atoms with Crippen molar-refractivity contribution in [1.29, 1.82) is 0 Å². The molecule has 0 radical (unpaired) electrons. The van der Waals surface area contributed by atoms with Crippen LogP contribution in [0, 0.1) is 20.8 Å². The third-order valence-corrected chi connectivity index (χ3v) is 5.89. The van der Waals surface area contributed by atoms with Gasteiger partial charge in [0.15, 0.2) is 0 Å². The molecular weight excluding hydrogens is 432 g/mol. The number of amidine groups is 1. The fraction of sp³-hybridized carbons (Fsp3) is 0.0968. The van der Waals surface area contributed by atoms with Gasteiger partial charge >= 0.3 is 0 Å². The number of hydrogen-bond acceptors (Lipinski definition) is 3. The molecule has 4 aromatic carbocycles. The van der Waals surface area contributed by atoms with Gasteiger partial charge < -0.3 is 4.74 Å². The van der Waals surface area contributed by atoms with Crippen LogP contribution in [-0.2, 0) is 4.79 Å². The number of anilines is 1. The lowest BCUT2D eigenvalue weighted by atomic mass is 10.0. The predicted octanol–water partition coefficient (Wildman–Crippen LogP) is 7.24. The van der Waals surface area contributed by atoms with E-state index in [1.807, 2.05) is 105 Å². The fourth-order valence-corrected chi connectivity index (χ4v) is 4.48. The lowest BCUT2D eigenvalue weighted by Crippen LogP contribution is -2.34. The number of rotatable bonds is 5. The molecule has 1 heterocycles. The zero-order valence-corrected chi connectivity index (χ0v) is 20.0. The third-order valence-electron chi connectivity index (χ3n) is 5.89. The van der Waals surface area contributed by atoms with Crippen LogP contribution >= 0.6 is 0 Å². The highest BCUT2D eigenvalue weighted by atomic mass is 16.5. The molecule has 0 aromatic heterocycles. The number of para-hydroxylation sites is 1. The Morgan fingerprint density at radius 3 is 2.06 bits per heavy atom. The number of amides is 1. The van der Waals surface area contributed by atoms with Crippen LogP contribution in [0.3, 0.4) is 0 Å². The van der Waals surface area contributed by atoms with E-state index in [0.29, 0.717) is 17.3 Å². The third kappa shape index (κ3) is 4.64. The van der Waals surface area contributed by atoms with E-state index in [0.717, 1.165) is 33.7 Å². The molecular formula is C31H26N2O2. The number of hydrogen-bond donors (Lipinski definition) is 0. The fourth-order valence-electron chi connectivity index (χ4n) is 4.48. The van der Waals surface area contributed by atoms with Gasteiger partial charge in [0.25, 0.3) is 5.91 Å². The summed E-state index contributed by atoms with van der Waals surface area (Å²) in [5.41, 5.74) is 6.26. The van der Waals surface area contributed by atoms with E-state index in [2.05, 4.69) is 19.1 Å². The Hall–Kier alpha value is -4.44. The molecule has 0 N–H and O–H groups in total. The molecule has 5 rings (SSSR count). The van der Waals surface area contributed by atoms with E-state index in [-0.39, 0.29) is 5.91 Å². The van der Waals surface area contributed by atoms with Crippen LogP contribution in [0.2, 0.25) is 0 Å². The molecule has 0 aliphatic carbocycles. The molecule has 0 unspecified atom stereocenters. The molecule has 4 aromatic rings. The lowest BCUT2D eigenvalue weighted by Gasteiger charge is -2.23. The van der Waals surface area contributed by atoms with Gasteiger partial charge in [-0.25, -0.2) is 4.99 Å². The molecule has 1 aliphatic rings. The zero-order valence-electron chi connectivity index (χ0n) is 20.0. The molecule has 1 amide bonds. The SMILES string of the molecule is Cc1cc(C)c(N2C(=O)C(=Cc3cccc(Oc4ccccc4)c3)N=C2c2ccccc2)c(C)c1. The van der Waals surface area contributed by atoms with Crippen molar-refractivity contribution in [2.24, 2.45) is 4.99 Å². The normalized spacial score (nSPS) is 14.4. The molecule has 0 spiro atoms. The number of ether oxygens (including phenoxy) is 1.